The van der Waals surface area contributed by atoms with Gasteiger partial charge in [-0.15, -0.1) is 0 Å². The highest BCUT2D eigenvalue weighted by Gasteiger charge is 2.31. The van der Waals surface area contributed by atoms with Crippen LogP contribution in [-0.2, 0) is 4.79 Å². The van der Waals surface area contributed by atoms with Crippen molar-refractivity contribution < 1.29 is 14.0 Å². The first kappa shape index (κ1) is 14.6. The number of pyridine rings is 1. The van der Waals surface area contributed by atoms with Crippen LogP contribution in [0.2, 0.25) is 0 Å². The molecule has 1 aromatic carbocycles. The van der Waals surface area contributed by atoms with Gasteiger partial charge in [0.15, 0.2) is 10.9 Å². The summed E-state index contributed by atoms with van der Waals surface area (Å²) in [4.78, 5) is 34.1. The third-order valence-corrected chi connectivity index (χ3v) is 4.40. The van der Waals surface area contributed by atoms with Gasteiger partial charge in [-0.2, -0.15) is 4.99 Å². The van der Waals surface area contributed by atoms with Gasteiger partial charge in [-0.05, 0) is 24.3 Å². The normalized spacial score (nSPS) is 16.2. The van der Waals surface area contributed by atoms with Gasteiger partial charge in [0.05, 0.1) is 5.75 Å². The molecule has 4 rings (SSSR count). The van der Waals surface area contributed by atoms with E-state index in [1.165, 1.54) is 16.7 Å². The minimum atomic E-state index is -0.524. The van der Waals surface area contributed by atoms with Gasteiger partial charge >= 0.3 is 5.91 Å². The van der Waals surface area contributed by atoms with Crippen molar-refractivity contribution in [2.45, 2.75) is 0 Å². The van der Waals surface area contributed by atoms with E-state index in [4.69, 9.17) is 4.42 Å². The molecule has 0 radical (unpaired) electrons. The molecule has 1 aliphatic heterocycles. The van der Waals surface area contributed by atoms with Crippen molar-refractivity contribution in [3.63, 3.8) is 0 Å². The lowest BCUT2D eigenvalue weighted by atomic mass is 10.2. The molecule has 0 aliphatic carbocycles. The molecule has 7 heteroatoms. The Morgan fingerprint density at radius 3 is 2.83 bits per heavy atom. The zero-order chi connectivity index (χ0) is 16.5. The molecule has 118 valence electrons. The van der Waals surface area contributed by atoms with Crippen LogP contribution in [0.15, 0.2) is 64.1 Å². The monoisotopic (exact) mass is 337 g/mol. The van der Waals surface area contributed by atoms with Crippen molar-refractivity contribution >= 4 is 45.5 Å². The van der Waals surface area contributed by atoms with Crippen molar-refractivity contribution in [1.29, 1.82) is 0 Å². The molecule has 1 fully saturated rings. The van der Waals surface area contributed by atoms with E-state index in [-0.39, 0.29) is 17.4 Å². The maximum Gasteiger partial charge on any atom is 0.315 e. The molecule has 2 aromatic heterocycles. The Bertz CT molecular complexity index is 932. The lowest BCUT2D eigenvalue weighted by molar-refractivity contribution is -0.115. The fraction of sp³-hybridized carbons (Fsp3) is 0.0588. The van der Waals surface area contributed by atoms with Crippen LogP contribution in [0.1, 0.15) is 10.6 Å². The summed E-state index contributed by atoms with van der Waals surface area (Å²) < 4.78 is 5.52. The average Bonchev–Trinajstić information content (AvgIpc) is 3.19. The number of hydrogen-bond acceptors (Lipinski definition) is 5. The molecule has 1 aliphatic rings. The highest BCUT2D eigenvalue weighted by atomic mass is 32.2. The second kappa shape index (κ2) is 5.93. The molecule has 0 spiro atoms. The molecular weight excluding hydrogens is 326 g/mol. The predicted molar refractivity (Wildman–Crippen MR) is 92.2 cm³/mol. The number of carbonyl (C=O) groups excluding carboxylic acids is 2. The molecule has 3 aromatic rings. The number of amidine groups is 1. The number of nitrogens with zero attached hydrogens (tertiary/aromatic N) is 3. The number of aromatic nitrogens is 1. The van der Waals surface area contributed by atoms with Gasteiger partial charge in [0.25, 0.3) is 0 Å². The maximum atomic E-state index is 12.4. The van der Waals surface area contributed by atoms with Crippen molar-refractivity contribution in [2.24, 2.45) is 4.99 Å². The minimum absolute atomic E-state index is 0.143. The first-order chi connectivity index (χ1) is 11.7. The smallest absolute Gasteiger partial charge is 0.315 e. The molecule has 3 heterocycles. The van der Waals surface area contributed by atoms with Crippen LogP contribution in [0.3, 0.4) is 0 Å². The molecule has 2 amide bonds. The van der Waals surface area contributed by atoms with Crippen LogP contribution in [-0.4, -0.2) is 27.7 Å². The first-order valence-electron chi connectivity index (χ1n) is 7.21. The molecule has 0 saturated carbocycles. The number of fused-ring (bicyclic) bond motifs is 1. The molecule has 6 nitrogen and oxygen atoms in total. The molecule has 0 atom stereocenters. The molecule has 24 heavy (non-hydrogen) atoms. The van der Waals surface area contributed by atoms with E-state index in [9.17, 15) is 9.59 Å². The number of furan rings is 1. The number of aliphatic imine (C=N–C) groups is 1. The molecule has 1 saturated heterocycles. The quantitative estimate of drug-likeness (QED) is 0.718. The van der Waals surface area contributed by atoms with Gasteiger partial charge in [0.1, 0.15) is 11.4 Å². The highest BCUT2D eigenvalue weighted by molar-refractivity contribution is 8.15. The summed E-state index contributed by atoms with van der Waals surface area (Å²) in [5.74, 6) is 0.135. The van der Waals surface area contributed by atoms with Gasteiger partial charge in [-0.1, -0.05) is 36.0 Å². The number of rotatable bonds is 2. The molecule has 0 N–H and O–H groups in total. The van der Waals surface area contributed by atoms with Gasteiger partial charge < -0.3 is 4.42 Å². The van der Waals surface area contributed by atoms with Crippen LogP contribution in [0.4, 0.5) is 5.82 Å². The number of para-hydroxylation sites is 1. The molecule has 0 bridgehead atoms. The predicted octanol–water partition coefficient (Wildman–Crippen LogP) is 3.10. The van der Waals surface area contributed by atoms with E-state index in [0.29, 0.717) is 16.6 Å². The van der Waals surface area contributed by atoms with Crippen LogP contribution in [0.25, 0.3) is 11.0 Å². The Hall–Kier alpha value is -2.93. The lowest BCUT2D eigenvalue weighted by Gasteiger charge is -2.13. The summed E-state index contributed by atoms with van der Waals surface area (Å²) in [6.45, 7) is 0. The van der Waals surface area contributed by atoms with E-state index in [1.807, 2.05) is 18.2 Å². The standard InChI is InChI=1S/C17H11N3O3S/c21-15-10-24-17(20(15)14-7-3-4-8-18-14)19-16(22)13-9-11-5-1-2-6-12(11)23-13/h1-9H,10H2. The summed E-state index contributed by atoms with van der Waals surface area (Å²) >= 11 is 1.21. The topological polar surface area (TPSA) is 75.8 Å². The Morgan fingerprint density at radius 2 is 2.04 bits per heavy atom. The third-order valence-electron chi connectivity index (χ3n) is 3.48. The summed E-state index contributed by atoms with van der Waals surface area (Å²) in [6.07, 6.45) is 1.59. The van der Waals surface area contributed by atoms with E-state index >= 15 is 0 Å². The van der Waals surface area contributed by atoms with E-state index in [0.717, 1.165) is 5.39 Å². The highest BCUT2D eigenvalue weighted by Crippen LogP contribution is 2.26. The number of carbonyl (C=O) groups is 2. The number of thioether (sulfide) groups is 1. The SMILES string of the molecule is O=C(N=C1SCC(=O)N1c1ccccn1)c1cc2ccccc2o1. The van der Waals surface area contributed by atoms with E-state index in [2.05, 4.69) is 9.98 Å². The third kappa shape index (κ3) is 2.59. The van der Waals surface area contributed by atoms with Gasteiger partial charge in [0, 0.05) is 11.6 Å². The van der Waals surface area contributed by atoms with Crippen LogP contribution < -0.4 is 4.90 Å². The first-order valence-corrected chi connectivity index (χ1v) is 8.19. The molecule has 0 unspecified atom stereocenters. The summed E-state index contributed by atoms with van der Waals surface area (Å²) in [7, 11) is 0. The number of anilines is 1. The molecular formula is C17H11N3O3S. The summed E-state index contributed by atoms with van der Waals surface area (Å²) in [5.41, 5.74) is 0.623. The van der Waals surface area contributed by atoms with Gasteiger partial charge in [0.2, 0.25) is 5.91 Å². The zero-order valence-electron chi connectivity index (χ0n) is 12.4. The minimum Gasteiger partial charge on any atom is -0.451 e. The number of benzene rings is 1. The average molecular weight is 337 g/mol. The lowest BCUT2D eigenvalue weighted by Crippen LogP contribution is -2.30. The summed E-state index contributed by atoms with van der Waals surface area (Å²) in [5, 5.41) is 1.14. The second-order valence-corrected chi connectivity index (χ2v) is 6.00. The summed E-state index contributed by atoms with van der Waals surface area (Å²) in [6, 6.07) is 14.2. The number of amides is 2. The van der Waals surface area contributed by atoms with Crippen LogP contribution in [0, 0.1) is 0 Å². The van der Waals surface area contributed by atoms with E-state index in [1.54, 1.807) is 36.5 Å². The fourth-order valence-electron chi connectivity index (χ4n) is 2.39. The number of hydrogen-bond donors (Lipinski definition) is 0. The Morgan fingerprint density at radius 1 is 1.21 bits per heavy atom. The second-order valence-electron chi connectivity index (χ2n) is 5.05. The fourth-order valence-corrected chi connectivity index (χ4v) is 3.24. The Balaban J connectivity index is 1.68. The maximum absolute atomic E-state index is 12.4. The Labute approximate surface area is 141 Å². The van der Waals surface area contributed by atoms with E-state index < -0.39 is 5.91 Å². The van der Waals surface area contributed by atoms with Crippen LogP contribution in [0.5, 0.6) is 0 Å². The van der Waals surface area contributed by atoms with Gasteiger partial charge in [-0.3, -0.25) is 9.59 Å². The van der Waals surface area contributed by atoms with Gasteiger partial charge in [-0.25, -0.2) is 9.88 Å². The van der Waals surface area contributed by atoms with Crippen molar-refractivity contribution in [3.05, 3.63) is 60.5 Å². The Kier molecular flexibility index (Phi) is 3.62. The largest absolute Gasteiger partial charge is 0.451 e. The zero-order valence-corrected chi connectivity index (χ0v) is 13.2. The van der Waals surface area contributed by atoms with Crippen LogP contribution >= 0.6 is 11.8 Å². The van der Waals surface area contributed by atoms with Crippen molar-refractivity contribution in [2.75, 3.05) is 10.7 Å². The van der Waals surface area contributed by atoms with Crippen molar-refractivity contribution in [3.8, 4) is 0 Å². The van der Waals surface area contributed by atoms with Crippen molar-refractivity contribution in [1.82, 2.24) is 4.98 Å².